The molecule has 0 bridgehead atoms. The molecule has 2 amide bonds. The molecule has 0 aliphatic heterocycles. The minimum atomic E-state index is -0.610. The van der Waals surface area contributed by atoms with E-state index in [1.807, 2.05) is 0 Å². The van der Waals surface area contributed by atoms with E-state index in [1.54, 1.807) is 0 Å². The molecule has 1 aromatic rings. The van der Waals surface area contributed by atoms with Gasteiger partial charge in [-0.25, -0.2) is 0 Å². The third kappa shape index (κ3) is 3.29. The van der Waals surface area contributed by atoms with Crippen LogP contribution in [-0.2, 0) is 0 Å². The Labute approximate surface area is 128 Å². The van der Waals surface area contributed by atoms with Crippen molar-refractivity contribution in [2.24, 2.45) is 17.6 Å². The van der Waals surface area contributed by atoms with Crippen molar-refractivity contribution in [3.63, 3.8) is 0 Å². The van der Waals surface area contributed by atoms with E-state index in [4.69, 9.17) is 11.5 Å². The zero-order valence-corrected chi connectivity index (χ0v) is 13.2. The fraction of sp³-hybridized carbons (Fsp3) is 0.571. The van der Waals surface area contributed by atoms with Crippen LogP contribution in [0.3, 0.4) is 0 Å². The Morgan fingerprint density at radius 1 is 1.38 bits per heavy atom. The summed E-state index contributed by atoms with van der Waals surface area (Å²) in [7, 11) is 1.53. The smallest absolute Gasteiger partial charge is 0.263 e. The van der Waals surface area contributed by atoms with Crippen LogP contribution in [0, 0.1) is 11.8 Å². The summed E-state index contributed by atoms with van der Waals surface area (Å²) >= 11 is 1.18. The van der Waals surface area contributed by atoms with Crippen molar-refractivity contribution in [1.29, 1.82) is 0 Å². The number of primary amides is 1. The second-order valence-corrected chi connectivity index (χ2v) is 6.68. The molecule has 7 heteroatoms. The second kappa shape index (κ2) is 6.34. The van der Waals surface area contributed by atoms with Gasteiger partial charge < -0.3 is 22.1 Å². The number of nitrogens with one attached hydrogen (secondary N) is 2. The Morgan fingerprint density at radius 2 is 2.10 bits per heavy atom. The van der Waals surface area contributed by atoms with Crippen molar-refractivity contribution in [2.75, 3.05) is 24.6 Å². The van der Waals surface area contributed by atoms with Gasteiger partial charge in [0.1, 0.15) is 9.88 Å². The number of rotatable bonds is 5. The summed E-state index contributed by atoms with van der Waals surface area (Å²) < 4.78 is 0. The molecule has 6 N–H and O–H groups in total. The first-order valence-corrected chi connectivity index (χ1v) is 7.93. The van der Waals surface area contributed by atoms with Crippen molar-refractivity contribution in [3.05, 3.63) is 10.4 Å². The monoisotopic (exact) mass is 310 g/mol. The Hall–Kier alpha value is -1.76. The van der Waals surface area contributed by atoms with E-state index in [2.05, 4.69) is 17.6 Å². The van der Waals surface area contributed by atoms with Gasteiger partial charge in [0.05, 0.1) is 11.3 Å². The summed E-state index contributed by atoms with van der Waals surface area (Å²) in [4.78, 5) is 23.7. The Balaban J connectivity index is 2.17. The number of hydrogen-bond donors (Lipinski definition) is 4. The summed E-state index contributed by atoms with van der Waals surface area (Å²) in [6.07, 6.45) is 3.61. The van der Waals surface area contributed by atoms with Crippen LogP contribution < -0.4 is 22.1 Å². The molecule has 0 radical (unpaired) electrons. The van der Waals surface area contributed by atoms with Gasteiger partial charge in [0, 0.05) is 13.6 Å². The lowest BCUT2D eigenvalue weighted by molar-refractivity contribution is 0.0967. The van der Waals surface area contributed by atoms with Crippen molar-refractivity contribution in [3.8, 4) is 0 Å². The Morgan fingerprint density at radius 3 is 2.62 bits per heavy atom. The SMILES string of the molecule is CNC(=O)c1sc(NCC2CCC(C)C2)c(C(N)=O)c1N. The molecule has 1 saturated carbocycles. The molecular formula is C14H22N4O2S. The molecule has 1 aliphatic carbocycles. The summed E-state index contributed by atoms with van der Waals surface area (Å²) in [6, 6.07) is 0. The predicted octanol–water partition coefficient (Wildman–Crippen LogP) is 1.64. The average molecular weight is 310 g/mol. The standard InChI is InChI=1S/C14H22N4O2S/c1-7-3-4-8(5-7)6-18-14-9(12(16)19)10(15)11(21-14)13(20)17-2/h7-8,18H,3-6,15H2,1-2H3,(H2,16,19)(H,17,20). The van der Waals surface area contributed by atoms with Crippen LogP contribution in [0.2, 0.25) is 0 Å². The maximum atomic E-state index is 11.8. The maximum Gasteiger partial charge on any atom is 0.263 e. The van der Waals surface area contributed by atoms with E-state index < -0.39 is 5.91 Å². The molecule has 0 saturated heterocycles. The first kappa shape index (κ1) is 15.6. The minimum absolute atomic E-state index is 0.161. The van der Waals surface area contributed by atoms with Crippen molar-refractivity contribution in [2.45, 2.75) is 26.2 Å². The van der Waals surface area contributed by atoms with E-state index in [0.717, 1.165) is 12.5 Å². The topological polar surface area (TPSA) is 110 Å². The summed E-state index contributed by atoms with van der Waals surface area (Å²) in [6.45, 7) is 3.03. The number of thiophene rings is 1. The Kier molecular flexibility index (Phi) is 4.72. The van der Waals surface area contributed by atoms with Gasteiger partial charge in [-0.3, -0.25) is 9.59 Å². The van der Waals surface area contributed by atoms with Crippen LogP contribution in [0.4, 0.5) is 10.7 Å². The molecule has 6 nitrogen and oxygen atoms in total. The van der Waals surface area contributed by atoms with Gasteiger partial charge in [-0.1, -0.05) is 13.3 Å². The molecule has 1 aromatic heterocycles. The minimum Gasteiger partial charge on any atom is -0.397 e. The lowest BCUT2D eigenvalue weighted by Gasteiger charge is -2.11. The number of carbonyl (C=O) groups is 2. The Bertz CT molecular complexity index is 555. The number of hydrogen-bond acceptors (Lipinski definition) is 5. The number of carbonyl (C=O) groups excluding carboxylic acids is 2. The molecule has 1 aliphatic rings. The van der Waals surface area contributed by atoms with E-state index >= 15 is 0 Å². The molecule has 2 rings (SSSR count). The first-order chi connectivity index (χ1) is 9.93. The van der Waals surface area contributed by atoms with E-state index in [9.17, 15) is 9.59 Å². The van der Waals surface area contributed by atoms with Gasteiger partial charge in [-0.2, -0.15) is 0 Å². The normalized spacial score (nSPS) is 21.2. The van der Waals surface area contributed by atoms with E-state index in [1.165, 1.54) is 37.6 Å². The van der Waals surface area contributed by atoms with Crippen molar-refractivity contribution >= 4 is 33.8 Å². The largest absolute Gasteiger partial charge is 0.397 e. The molecule has 116 valence electrons. The summed E-state index contributed by atoms with van der Waals surface area (Å²) in [5.41, 5.74) is 11.7. The predicted molar refractivity (Wildman–Crippen MR) is 85.6 cm³/mol. The number of nitrogen functional groups attached to an aromatic ring is 1. The number of anilines is 2. The lowest BCUT2D eigenvalue weighted by Crippen LogP contribution is -2.19. The van der Waals surface area contributed by atoms with E-state index in [0.29, 0.717) is 15.8 Å². The van der Waals surface area contributed by atoms with Crippen LogP contribution in [0.15, 0.2) is 0 Å². The van der Waals surface area contributed by atoms with Crippen LogP contribution in [0.1, 0.15) is 46.2 Å². The van der Waals surface area contributed by atoms with Gasteiger partial charge in [0.2, 0.25) is 0 Å². The number of amides is 2. The summed E-state index contributed by atoms with van der Waals surface area (Å²) in [5.74, 6) is 0.429. The highest BCUT2D eigenvalue weighted by Crippen LogP contribution is 2.37. The highest BCUT2D eigenvalue weighted by Gasteiger charge is 2.25. The summed E-state index contributed by atoms with van der Waals surface area (Å²) in [5, 5.41) is 6.37. The third-order valence-corrected chi connectivity index (χ3v) is 5.14. The molecule has 2 unspecified atom stereocenters. The van der Waals surface area contributed by atoms with Gasteiger partial charge in [0.15, 0.2) is 0 Å². The van der Waals surface area contributed by atoms with Crippen molar-refractivity contribution < 1.29 is 9.59 Å². The van der Waals surface area contributed by atoms with Gasteiger partial charge in [-0.05, 0) is 24.7 Å². The average Bonchev–Trinajstić information content (AvgIpc) is 2.99. The highest BCUT2D eigenvalue weighted by atomic mass is 32.1. The van der Waals surface area contributed by atoms with Crippen LogP contribution in [-0.4, -0.2) is 25.4 Å². The highest BCUT2D eigenvalue weighted by molar-refractivity contribution is 7.19. The first-order valence-electron chi connectivity index (χ1n) is 7.12. The fourth-order valence-electron chi connectivity index (χ4n) is 2.84. The van der Waals surface area contributed by atoms with Crippen LogP contribution in [0.25, 0.3) is 0 Å². The van der Waals surface area contributed by atoms with Gasteiger partial charge >= 0.3 is 0 Å². The van der Waals surface area contributed by atoms with Gasteiger partial charge in [-0.15, -0.1) is 11.3 Å². The van der Waals surface area contributed by atoms with Gasteiger partial charge in [0.25, 0.3) is 11.8 Å². The molecular weight excluding hydrogens is 288 g/mol. The number of nitrogens with two attached hydrogens (primary N) is 2. The lowest BCUT2D eigenvalue weighted by atomic mass is 10.1. The third-order valence-electron chi connectivity index (χ3n) is 3.98. The molecule has 0 aromatic carbocycles. The van der Waals surface area contributed by atoms with Crippen LogP contribution >= 0.6 is 11.3 Å². The zero-order valence-electron chi connectivity index (χ0n) is 12.4. The maximum absolute atomic E-state index is 11.8. The molecule has 1 heterocycles. The zero-order chi connectivity index (χ0) is 15.6. The molecule has 1 fully saturated rings. The second-order valence-electron chi connectivity index (χ2n) is 5.66. The molecule has 2 atom stereocenters. The van der Waals surface area contributed by atoms with Crippen molar-refractivity contribution in [1.82, 2.24) is 5.32 Å². The molecule has 0 spiro atoms. The van der Waals surface area contributed by atoms with Crippen LogP contribution in [0.5, 0.6) is 0 Å². The fourth-order valence-corrected chi connectivity index (χ4v) is 3.92. The van der Waals surface area contributed by atoms with E-state index in [-0.39, 0.29) is 17.2 Å². The molecule has 21 heavy (non-hydrogen) atoms. The quantitative estimate of drug-likeness (QED) is 0.662.